The molecule has 8 heteroatoms. The lowest BCUT2D eigenvalue weighted by Gasteiger charge is -2.41. The standard InChI is InChI=1S/C18H24N4O4/c1-23-16-5-4-12(17(24-2)18(16)25-3)9-21-7-6-15-14(10-21)22-13(11-26-15)8-19-20-22/h4-5,8,14-15H,6-7,9-11H2,1-3H3. The fraction of sp³-hybridized carbons (Fsp3) is 0.556. The molecule has 2 unspecified atom stereocenters. The zero-order chi connectivity index (χ0) is 18.1. The number of aromatic nitrogens is 3. The van der Waals surface area contributed by atoms with Crippen LogP contribution >= 0.6 is 0 Å². The minimum absolute atomic E-state index is 0.195. The highest BCUT2D eigenvalue weighted by Crippen LogP contribution is 2.41. The molecule has 0 bridgehead atoms. The molecule has 1 aromatic carbocycles. The summed E-state index contributed by atoms with van der Waals surface area (Å²) < 4.78 is 24.5. The van der Waals surface area contributed by atoms with E-state index in [-0.39, 0.29) is 12.1 Å². The molecule has 1 aromatic heterocycles. The van der Waals surface area contributed by atoms with Crippen LogP contribution in [-0.4, -0.2) is 60.4 Å². The van der Waals surface area contributed by atoms with Gasteiger partial charge in [0.2, 0.25) is 5.75 Å². The second-order valence-electron chi connectivity index (χ2n) is 6.60. The molecule has 3 heterocycles. The van der Waals surface area contributed by atoms with Gasteiger partial charge in [0.15, 0.2) is 11.5 Å². The predicted molar refractivity (Wildman–Crippen MR) is 93.6 cm³/mol. The Morgan fingerprint density at radius 3 is 2.77 bits per heavy atom. The molecule has 0 radical (unpaired) electrons. The number of likely N-dealkylation sites (tertiary alicyclic amines) is 1. The molecule has 8 nitrogen and oxygen atoms in total. The van der Waals surface area contributed by atoms with Gasteiger partial charge in [-0.3, -0.25) is 4.90 Å². The molecule has 0 aliphatic carbocycles. The minimum Gasteiger partial charge on any atom is -0.493 e. The van der Waals surface area contributed by atoms with Gasteiger partial charge in [-0.25, -0.2) is 4.68 Å². The highest BCUT2D eigenvalue weighted by Gasteiger charge is 2.36. The molecule has 2 aromatic rings. The van der Waals surface area contributed by atoms with E-state index < -0.39 is 0 Å². The first-order chi connectivity index (χ1) is 12.7. The minimum atomic E-state index is 0.195. The summed E-state index contributed by atoms with van der Waals surface area (Å²) in [5.74, 6) is 2.01. The molecule has 1 saturated heterocycles. The van der Waals surface area contributed by atoms with Gasteiger partial charge in [-0.05, 0) is 12.5 Å². The van der Waals surface area contributed by atoms with E-state index in [0.717, 1.165) is 43.1 Å². The van der Waals surface area contributed by atoms with Gasteiger partial charge in [0, 0.05) is 25.2 Å². The number of ether oxygens (including phenoxy) is 4. The van der Waals surface area contributed by atoms with Crippen LogP contribution in [0.1, 0.15) is 23.7 Å². The number of piperidine rings is 1. The molecule has 0 N–H and O–H groups in total. The number of hydrogen-bond donors (Lipinski definition) is 0. The molecule has 2 aliphatic rings. The van der Waals surface area contributed by atoms with Crippen LogP contribution < -0.4 is 14.2 Å². The zero-order valence-corrected chi connectivity index (χ0v) is 15.3. The molecule has 140 valence electrons. The van der Waals surface area contributed by atoms with Crippen molar-refractivity contribution in [3.05, 3.63) is 29.6 Å². The fourth-order valence-electron chi connectivity index (χ4n) is 3.92. The second-order valence-corrected chi connectivity index (χ2v) is 6.60. The number of fused-ring (bicyclic) bond motifs is 3. The molecule has 2 aliphatic heterocycles. The van der Waals surface area contributed by atoms with Gasteiger partial charge < -0.3 is 18.9 Å². The van der Waals surface area contributed by atoms with E-state index in [1.54, 1.807) is 27.5 Å². The Labute approximate surface area is 152 Å². The predicted octanol–water partition coefficient (Wildman–Crippen LogP) is 1.65. The van der Waals surface area contributed by atoms with Crippen molar-refractivity contribution in [3.63, 3.8) is 0 Å². The number of methoxy groups -OCH3 is 3. The SMILES string of the molecule is COc1ccc(CN2CCC3OCc4cnnn4C3C2)c(OC)c1OC. The Bertz CT molecular complexity index is 779. The maximum Gasteiger partial charge on any atom is 0.203 e. The molecule has 4 rings (SSSR count). The third kappa shape index (κ3) is 2.89. The number of rotatable bonds is 5. The third-order valence-corrected chi connectivity index (χ3v) is 5.19. The second kappa shape index (κ2) is 7.13. The van der Waals surface area contributed by atoms with Crippen molar-refractivity contribution in [2.75, 3.05) is 34.4 Å². The number of benzene rings is 1. The Morgan fingerprint density at radius 1 is 1.15 bits per heavy atom. The summed E-state index contributed by atoms with van der Waals surface area (Å²) in [6, 6.07) is 4.15. The van der Waals surface area contributed by atoms with Gasteiger partial charge in [0.1, 0.15) is 0 Å². The van der Waals surface area contributed by atoms with E-state index in [2.05, 4.69) is 15.2 Å². The maximum atomic E-state index is 5.99. The van der Waals surface area contributed by atoms with E-state index in [1.807, 2.05) is 16.8 Å². The Hall–Kier alpha value is -2.32. The molecule has 26 heavy (non-hydrogen) atoms. The topological polar surface area (TPSA) is 70.9 Å². The Balaban J connectivity index is 1.56. The van der Waals surface area contributed by atoms with Crippen molar-refractivity contribution in [1.82, 2.24) is 19.9 Å². The summed E-state index contributed by atoms with van der Waals surface area (Å²) in [6.07, 6.45) is 2.96. The summed E-state index contributed by atoms with van der Waals surface area (Å²) in [5.41, 5.74) is 2.11. The summed E-state index contributed by atoms with van der Waals surface area (Å²) in [6.45, 7) is 3.18. The largest absolute Gasteiger partial charge is 0.493 e. The molecular formula is C18H24N4O4. The van der Waals surface area contributed by atoms with Crippen molar-refractivity contribution in [2.45, 2.75) is 31.7 Å². The quantitative estimate of drug-likeness (QED) is 0.803. The van der Waals surface area contributed by atoms with Gasteiger partial charge in [-0.15, -0.1) is 5.10 Å². The summed E-state index contributed by atoms with van der Waals surface area (Å²) in [4.78, 5) is 2.39. The van der Waals surface area contributed by atoms with Crippen LogP contribution in [0.5, 0.6) is 17.2 Å². The highest BCUT2D eigenvalue weighted by atomic mass is 16.5. The van der Waals surface area contributed by atoms with E-state index in [0.29, 0.717) is 18.1 Å². The maximum absolute atomic E-state index is 5.99. The van der Waals surface area contributed by atoms with Gasteiger partial charge in [0.05, 0.1) is 52.0 Å². The first-order valence-corrected chi connectivity index (χ1v) is 8.76. The molecule has 0 amide bonds. The zero-order valence-electron chi connectivity index (χ0n) is 15.3. The van der Waals surface area contributed by atoms with Crippen molar-refractivity contribution < 1.29 is 18.9 Å². The van der Waals surface area contributed by atoms with Crippen LogP contribution in [0.25, 0.3) is 0 Å². The Kier molecular flexibility index (Phi) is 4.69. The van der Waals surface area contributed by atoms with Crippen LogP contribution in [0.2, 0.25) is 0 Å². The van der Waals surface area contributed by atoms with Crippen LogP contribution in [0.4, 0.5) is 0 Å². The fourth-order valence-corrected chi connectivity index (χ4v) is 3.92. The molecular weight excluding hydrogens is 336 g/mol. The molecule has 0 saturated carbocycles. The van der Waals surface area contributed by atoms with Crippen molar-refractivity contribution >= 4 is 0 Å². The summed E-state index contributed by atoms with van der Waals surface area (Å²) in [7, 11) is 4.91. The van der Waals surface area contributed by atoms with Gasteiger partial charge in [-0.1, -0.05) is 11.3 Å². The average molecular weight is 360 g/mol. The average Bonchev–Trinajstić information content (AvgIpc) is 3.16. The highest BCUT2D eigenvalue weighted by molar-refractivity contribution is 5.55. The van der Waals surface area contributed by atoms with E-state index in [9.17, 15) is 0 Å². The summed E-state index contributed by atoms with van der Waals surface area (Å²) in [5, 5.41) is 8.30. The lowest BCUT2D eigenvalue weighted by Crippen LogP contribution is -2.47. The summed E-state index contributed by atoms with van der Waals surface area (Å²) >= 11 is 0. The Morgan fingerprint density at radius 2 is 2.00 bits per heavy atom. The van der Waals surface area contributed by atoms with Crippen molar-refractivity contribution in [2.24, 2.45) is 0 Å². The molecule has 2 atom stereocenters. The number of hydrogen-bond acceptors (Lipinski definition) is 7. The number of nitrogens with zero attached hydrogens (tertiary/aromatic N) is 4. The van der Waals surface area contributed by atoms with E-state index in [4.69, 9.17) is 18.9 Å². The van der Waals surface area contributed by atoms with Gasteiger partial charge in [0.25, 0.3) is 0 Å². The van der Waals surface area contributed by atoms with E-state index in [1.165, 1.54) is 0 Å². The monoisotopic (exact) mass is 360 g/mol. The molecule has 0 spiro atoms. The van der Waals surface area contributed by atoms with Crippen LogP contribution in [0, 0.1) is 0 Å². The first-order valence-electron chi connectivity index (χ1n) is 8.76. The van der Waals surface area contributed by atoms with Gasteiger partial charge in [-0.2, -0.15) is 0 Å². The normalized spacial score (nSPS) is 22.4. The van der Waals surface area contributed by atoms with Crippen molar-refractivity contribution in [3.8, 4) is 17.2 Å². The molecule has 1 fully saturated rings. The van der Waals surface area contributed by atoms with Crippen LogP contribution in [0.3, 0.4) is 0 Å². The van der Waals surface area contributed by atoms with Crippen LogP contribution in [0.15, 0.2) is 18.3 Å². The lowest BCUT2D eigenvalue weighted by atomic mass is 9.99. The first kappa shape index (κ1) is 17.1. The van der Waals surface area contributed by atoms with Gasteiger partial charge >= 0.3 is 0 Å². The van der Waals surface area contributed by atoms with Crippen LogP contribution in [-0.2, 0) is 17.9 Å². The third-order valence-electron chi connectivity index (χ3n) is 5.19. The van der Waals surface area contributed by atoms with E-state index >= 15 is 0 Å². The van der Waals surface area contributed by atoms with Crippen molar-refractivity contribution in [1.29, 1.82) is 0 Å². The lowest BCUT2D eigenvalue weighted by molar-refractivity contribution is -0.0670. The smallest absolute Gasteiger partial charge is 0.203 e.